The van der Waals surface area contributed by atoms with Crippen LogP contribution in [0.2, 0.25) is 0 Å². The predicted octanol–water partition coefficient (Wildman–Crippen LogP) is 3.52. The Morgan fingerprint density at radius 2 is 1.56 bits per heavy atom. The number of nitrogens with one attached hydrogen (secondary N) is 1. The van der Waals surface area contributed by atoms with Crippen LogP contribution >= 0.6 is 0 Å². The number of rotatable bonds is 8. The van der Waals surface area contributed by atoms with Gasteiger partial charge in [-0.1, -0.05) is 25.5 Å². The van der Waals surface area contributed by atoms with E-state index < -0.39 is 10.2 Å². The molecule has 146 valence electrons. The molecule has 0 heterocycles. The first-order chi connectivity index (χ1) is 12.8. The number of carbonyl (C=O) groups excluding carboxylic acids is 1. The molecule has 0 aromatic heterocycles. The Morgan fingerprint density at radius 1 is 0.963 bits per heavy atom. The molecule has 0 radical (unpaired) electrons. The van der Waals surface area contributed by atoms with Gasteiger partial charge < -0.3 is 5.32 Å². The van der Waals surface area contributed by atoms with E-state index in [-0.39, 0.29) is 5.91 Å². The highest BCUT2D eigenvalue weighted by atomic mass is 32.2. The van der Waals surface area contributed by atoms with Crippen LogP contribution in [-0.4, -0.2) is 39.8 Å². The van der Waals surface area contributed by atoms with E-state index in [1.807, 2.05) is 24.3 Å². The van der Waals surface area contributed by atoms with Gasteiger partial charge in [-0.3, -0.25) is 9.10 Å². The van der Waals surface area contributed by atoms with Gasteiger partial charge in [-0.25, -0.2) is 0 Å². The van der Waals surface area contributed by atoms with Crippen molar-refractivity contribution in [2.75, 3.05) is 30.8 Å². The summed E-state index contributed by atoms with van der Waals surface area (Å²) in [5.74, 6) is -0.235. The van der Waals surface area contributed by atoms with Gasteiger partial charge >= 0.3 is 10.2 Å². The molecule has 0 atom stereocenters. The first-order valence-electron chi connectivity index (χ1n) is 8.92. The van der Waals surface area contributed by atoms with Crippen molar-refractivity contribution in [1.29, 1.82) is 0 Å². The van der Waals surface area contributed by atoms with Crippen LogP contribution in [0.15, 0.2) is 48.5 Å². The second-order valence-electron chi connectivity index (χ2n) is 6.56. The average Bonchev–Trinajstić information content (AvgIpc) is 2.66. The van der Waals surface area contributed by atoms with E-state index in [0.717, 1.165) is 29.3 Å². The zero-order valence-electron chi connectivity index (χ0n) is 16.3. The van der Waals surface area contributed by atoms with Crippen molar-refractivity contribution in [2.24, 2.45) is 0 Å². The minimum Gasteiger partial charge on any atom is -0.322 e. The number of unbranched alkanes of at least 4 members (excludes halogenated alkanes) is 1. The van der Waals surface area contributed by atoms with Gasteiger partial charge in [-0.05, 0) is 54.8 Å². The summed E-state index contributed by atoms with van der Waals surface area (Å²) in [7, 11) is 0.867. The molecule has 0 saturated heterocycles. The fourth-order valence-corrected chi connectivity index (χ4v) is 3.42. The third-order valence-corrected chi connectivity index (χ3v) is 6.16. The SMILES string of the molecule is CCCCc1ccc(NC(=O)c2ccc(N(C)S(=O)(=O)N(C)C)cc2)cc1. The van der Waals surface area contributed by atoms with Crippen LogP contribution in [-0.2, 0) is 16.6 Å². The van der Waals surface area contributed by atoms with Crippen LogP contribution in [0.25, 0.3) is 0 Å². The quantitative estimate of drug-likeness (QED) is 0.751. The number of anilines is 2. The predicted molar refractivity (Wildman–Crippen MR) is 110 cm³/mol. The highest BCUT2D eigenvalue weighted by molar-refractivity contribution is 7.90. The van der Waals surface area contributed by atoms with Crippen LogP contribution in [0.4, 0.5) is 11.4 Å². The number of aryl methyl sites for hydroxylation is 1. The van der Waals surface area contributed by atoms with E-state index in [9.17, 15) is 13.2 Å². The van der Waals surface area contributed by atoms with Crippen molar-refractivity contribution in [1.82, 2.24) is 4.31 Å². The number of amides is 1. The zero-order valence-corrected chi connectivity index (χ0v) is 17.1. The zero-order chi connectivity index (χ0) is 20.0. The van der Waals surface area contributed by atoms with Crippen LogP contribution < -0.4 is 9.62 Å². The standard InChI is InChI=1S/C20H27N3O3S/c1-5-6-7-16-8-12-18(13-9-16)21-20(24)17-10-14-19(15-11-17)23(4)27(25,26)22(2)3/h8-15H,5-7H2,1-4H3,(H,21,24). The normalized spacial score (nSPS) is 11.4. The maximum Gasteiger partial charge on any atom is 0.303 e. The maximum atomic E-state index is 12.4. The molecule has 2 aromatic rings. The topological polar surface area (TPSA) is 69.7 Å². The van der Waals surface area contributed by atoms with Gasteiger partial charge in [0.1, 0.15) is 0 Å². The molecular weight excluding hydrogens is 362 g/mol. The molecule has 1 amide bonds. The molecule has 2 aromatic carbocycles. The summed E-state index contributed by atoms with van der Waals surface area (Å²) in [6.45, 7) is 2.16. The summed E-state index contributed by atoms with van der Waals surface area (Å²) in [5.41, 5.74) is 2.94. The average molecular weight is 390 g/mol. The molecule has 6 nitrogen and oxygen atoms in total. The van der Waals surface area contributed by atoms with Crippen molar-refractivity contribution in [3.05, 3.63) is 59.7 Å². The summed E-state index contributed by atoms with van der Waals surface area (Å²) in [4.78, 5) is 12.4. The summed E-state index contributed by atoms with van der Waals surface area (Å²) < 4.78 is 26.6. The molecule has 0 unspecified atom stereocenters. The third-order valence-electron chi connectivity index (χ3n) is 4.33. The highest BCUT2D eigenvalue weighted by Gasteiger charge is 2.21. The van der Waals surface area contributed by atoms with Gasteiger partial charge in [0.05, 0.1) is 5.69 Å². The van der Waals surface area contributed by atoms with E-state index in [1.54, 1.807) is 24.3 Å². The van der Waals surface area contributed by atoms with E-state index in [2.05, 4.69) is 12.2 Å². The molecule has 0 saturated carbocycles. The molecule has 0 aliphatic carbocycles. The summed E-state index contributed by atoms with van der Waals surface area (Å²) in [5, 5.41) is 2.86. The lowest BCUT2D eigenvalue weighted by Crippen LogP contribution is -2.37. The van der Waals surface area contributed by atoms with E-state index in [1.165, 1.54) is 31.0 Å². The van der Waals surface area contributed by atoms with Crippen molar-refractivity contribution in [3.8, 4) is 0 Å². The third kappa shape index (κ3) is 5.30. The summed E-state index contributed by atoms with van der Waals surface area (Å²) >= 11 is 0. The van der Waals surface area contributed by atoms with Gasteiger partial charge in [0.15, 0.2) is 0 Å². The lowest BCUT2D eigenvalue weighted by Gasteiger charge is -2.23. The minimum absolute atomic E-state index is 0.235. The van der Waals surface area contributed by atoms with Crippen molar-refractivity contribution in [3.63, 3.8) is 0 Å². The molecule has 0 bridgehead atoms. The lowest BCUT2D eigenvalue weighted by atomic mass is 10.1. The van der Waals surface area contributed by atoms with Crippen molar-refractivity contribution in [2.45, 2.75) is 26.2 Å². The molecule has 7 heteroatoms. The highest BCUT2D eigenvalue weighted by Crippen LogP contribution is 2.19. The van der Waals surface area contributed by atoms with E-state index in [0.29, 0.717) is 11.3 Å². The smallest absolute Gasteiger partial charge is 0.303 e. The van der Waals surface area contributed by atoms with Gasteiger partial charge in [0.25, 0.3) is 5.91 Å². The molecule has 0 spiro atoms. The fourth-order valence-electron chi connectivity index (χ4n) is 2.54. The Balaban J connectivity index is 2.05. The Hall–Kier alpha value is -2.38. The molecular formula is C20H27N3O3S. The lowest BCUT2D eigenvalue weighted by molar-refractivity contribution is 0.102. The molecule has 0 aliphatic heterocycles. The number of nitrogens with zero attached hydrogens (tertiary/aromatic N) is 2. The van der Waals surface area contributed by atoms with Gasteiger partial charge in [0, 0.05) is 32.4 Å². The fraction of sp³-hybridized carbons (Fsp3) is 0.350. The van der Waals surface area contributed by atoms with Crippen molar-refractivity contribution >= 4 is 27.5 Å². The largest absolute Gasteiger partial charge is 0.322 e. The van der Waals surface area contributed by atoms with Crippen LogP contribution in [0.1, 0.15) is 35.7 Å². The number of carbonyl (C=O) groups is 1. The Bertz CT molecular complexity index is 860. The Morgan fingerprint density at radius 3 is 2.07 bits per heavy atom. The second-order valence-corrected chi connectivity index (χ2v) is 8.73. The summed E-state index contributed by atoms with van der Waals surface area (Å²) in [6, 6.07) is 14.3. The first kappa shape index (κ1) is 20.9. The number of hydrogen-bond donors (Lipinski definition) is 1. The maximum absolute atomic E-state index is 12.4. The monoisotopic (exact) mass is 389 g/mol. The molecule has 1 N–H and O–H groups in total. The molecule has 2 rings (SSSR count). The number of benzene rings is 2. The van der Waals surface area contributed by atoms with Crippen LogP contribution in [0, 0.1) is 0 Å². The minimum atomic E-state index is -3.56. The first-order valence-corrected chi connectivity index (χ1v) is 10.3. The molecule has 0 aliphatic rings. The van der Waals surface area contributed by atoms with Crippen molar-refractivity contribution < 1.29 is 13.2 Å². The van der Waals surface area contributed by atoms with Gasteiger partial charge in [-0.2, -0.15) is 12.7 Å². The molecule has 27 heavy (non-hydrogen) atoms. The van der Waals surface area contributed by atoms with Gasteiger partial charge in [-0.15, -0.1) is 0 Å². The van der Waals surface area contributed by atoms with Crippen LogP contribution in [0.3, 0.4) is 0 Å². The van der Waals surface area contributed by atoms with E-state index in [4.69, 9.17) is 0 Å². The Labute approximate surface area is 162 Å². The Kier molecular flexibility index (Phi) is 6.98. The van der Waals surface area contributed by atoms with Gasteiger partial charge in [0.2, 0.25) is 0 Å². The summed E-state index contributed by atoms with van der Waals surface area (Å²) in [6.07, 6.45) is 3.34. The molecule has 0 fully saturated rings. The van der Waals surface area contributed by atoms with E-state index >= 15 is 0 Å². The number of hydrogen-bond acceptors (Lipinski definition) is 3. The second kappa shape index (κ2) is 9.01. The van der Waals surface area contributed by atoms with Crippen LogP contribution in [0.5, 0.6) is 0 Å².